The number of aryl methyl sites for hydroxylation is 1. The van der Waals surface area contributed by atoms with Crippen LogP contribution in [0.2, 0.25) is 0 Å². The molecule has 288 valence electrons. The van der Waals surface area contributed by atoms with E-state index in [1.807, 2.05) is 41.1 Å². The summed E-state index contributed by atoms with van der Waals surface area (Å²) in [7, 11) is 0. The molecule has 9 aromatic carbocycles. The highest BCUT2D eigenvalue weighted by Crippen LogP contribution is 2.40. The van der Waals surface area contributed by atoms with Gasteiger partial charge in [0.1, 0.15) is 0 Å². The van der Waals surface area contributed by atoms with E-state index in [1.54, 1.807) is 0 Å². The molecule has 0 aliphatic carbocycles. The number of hydrogen-bond acceptors (Lipinski definition) is 2. The third kappa shape index (κ3) is 6.61. The topological polar surface area (TPSA) is 35.6 Å². The predicted molar refractivity (Wildman–Crippen MR) is 253 cm³/mol. The number of benzene rings is 9. The minimum Gasteiger partial charge on any atom is -0.309 e. The van der Waals surface area contributed by atoms with Crippen LogP contribution in [-0.4, -0.2) is 19.3 Å². The summed E-state index contributed by atoms with van der Waals surface area (Å²) in [6.07, 6.45) is 0. The van der Waals surface area contributed by atoms with Gasteiger partial charge in [0.2, 0.25) is 0 Å². The monoisotopic (exact) mass is 780 g/mol. The van der Waals surface area contributed by atoms with Gasteiger partial charge in [-0.1, -0.05) is 181 Å². The van der Waals surface area contributed by atoms with Gasteiger partial charge in [-0.2, -0.15) is 0 Å². The van der Waals surface area contributed by atoms with Crippen molar-refractivity contribution in [2.75, 3.05) is 0 Å². The van der Waals surface area contributed by atoms with Crippen molar-refractivity contribution < 1.29 is 0 Å². The summed E-state index contributed by atoms with van der Waals surface area (Å²) in [6, 6.07) is 79.9. The fourth-order valence-electron chi connectivity index (χ4n) is 8.71. The zero-order valence-electron chi connectivity index (χ0n) is 33.7. The Morgan fingerprint density at radius 2 is 0.803 bits per heavy atom. The highest BCUT2D eigenvalue weighted by molar-refractivity contribution is 6.10. The maximum Gasteiger partial charge on any atom is 0.182 e. The first kappa shape index (κ1) is 36.0. The van der Waals surface area contributed by atoms with Crippen molar-refractivity contribution >= 4 is 21.8 Å². The second-order valence-corrected chi connectivity index (χ2v) is 15.5. The van der Waals surface area contributed by atoms with Crippen LogP contribution in [0.3, 0.4) is 0 Å². The van der Waals surface area contributed by atoms with Crippen LogP contribution in [0.25, 0.3) is 100 Å². The van der Waals surface area contributed by atoms with Gasteiger partial charge in [0.15, 0.2) is 11.6 Å². The average molecular weight is 781 g/mol. The Morgan fingerprint density at radius 3 is 1.39 bits per heavy atom. The van der Waals surface area contributed by atoms with Crippen LogP contribution in [0, 0.1) is 6.92 Å². The molecule has 0 saturated heterocycles. The highest BCUT2D eigenvalue weighted by atomic mass is 15.4. The van der Waals surface area contributed by atoms with Crippen molar-refractivity contribution in [3.8, 4) is 78.7 Å². The van der Waals surface area contributed by atoms with E-state index < -0.39 is 0 Å². The molecule has 4 heteroatoms. The van der Waals surface area contributed by atoms with Crippen LogP contribution in [0.15, 0.2) is 224 Å². The molecule has 0 fully saturated rings. The van der Waals surface area contributed by atoms with Gasteiger partial charge in [-0.15, -0.1) is 5.10 Å². The summed E-state index contributed by atoms with van der Waals surface area (Å²) in [5, 5.41) is 7.54. The fraction of sp³-hybridized carbons (Fsp3) is 0.0175. The lowest BCUT2D eigenvalue weighted by atomic mass is 9.89. The van der Waals surface area contributed by atoms with Crippen LogP contribution >= 0.6 is 0 Å². The molecule has 0 saturated carbocycles. The van der Waals surface area contributed by atoms with E-state index in [2.05, 4.69) is 200 Å². The van der Waals surface area contributed by atoms with Crippen molar-refractivity contribution in [3.05, 3.63) is 230 Å². The van der Waals surface area contributed by atoms with Crippen LogP contribution in [0.4, 0.5) is 0 Å². The van der Waals surface area contributed by atoms with Gasteiger partial charge < -0.3 is 4.57 Å². The van der Waals surface area contributed by atoms with E-state index in [9.17, 15) is 0 Å². The normalized spacial score (nSPS) is 11.4. The van der Waals surface area contributed by atoms with Crippen LogP contribution < -0.4 is 0 Å². The molecule has 0 amide bonds. The van der Waals surface area contributed by atoms with Gasteiger partial charge in [0, 0.05) is 27.6 Å². The van der Waals surface area contributed by atoms with Crippen molar-refractivity contribution in [2.24, 2.45) is 0 Å². The maximum absolute atomic E-state index is 5.01. The van der Waals surface area contributed by atoms with Crippen molar-refractivity contribution in [1.29, 1.82) is 0 Å². The van der Waals surface area contributed by atoms with Crippen molar-refractivity contribution in [2.45, 2.75) is 6.92 Å². The first-order valence-corrected chi connectivity index (χ1v) is 20.7. The number of rotatable bonds is 8. The summed E-state index contributed by atoms with van der Waals surface area (Å²) in [6.45, 7) is 2.17. The van der Waals surface area contributed by atoms with Crippen LogP contribution in [0.5, 0.6) is 0 Å². The molecule has 4 nitrogen and oxygen atoms in total. The quantitative estimate of drug-likeness (QED) is 0.154. The smallest absolute Gasteiger partial charge is 0.182 e. The van der Waals surface area contributed by atoms with Gasteiger partial charge in [-0.05, 0) is 100.0 Å². The summed E-state index contributed by atoms with van der Waals surface area (Å²) >= 11 is 0. The molecule has 2 heterocycles. The summed E-state index contributed by atoms with van der Waals surface area (Å²) in [5.74, 6) is 1.50. The van der Waals surface area contributed by atoms with Crippen LogP contribution in [0.1, 0.15) is 5.56 Å². The number of hydrogen-bond donors (Lipinski definition) is 0. The van der Waals surface area contributed by atoms with E-state index in [1.165, 1.54) is 66.3 Å². The third-order valence-electron chi connectivity index (χ3n) is 11.7. The first-order valence-electron chi connectivity index (χ1n) is 20.7. The Bertz CT molecular complexity index is 3330. The third-order valence-corrected chi connectivity index (χ3v) is 11.7. The molecular weight excluding hydrogens is 741 g/mol. The molecule has 0 radical (unpaired) electrons. The van der Waals surface area contributed by atoms with E-state index in [0.29, 0.717) is 5.82 Å². The SMILES string of the molecule is Cc1ccc2c(c1)c1cc(-c3ccccc3)ccc1n2-c1ccc(-c2ccccc2-c2ccccc2-c2ccc(-n3nc(-c4ccccc4)nc3-c3ccccc3)cc2)cc1. The molecule has 11 rings (SSSR count). The average Bonchev–Trinajstić information content (AvgIpc) is 3.92. The van der Waals surface area contributed by atoms with Gasteiger partial charge in [-0.25, -0.2) is 9.67 Å². The maximum atomic E-state index is 5.01. The van der Waals surface area contributed by atoms with Gasteiger partial charge in [0.05, 0.1) is 16.7 Å². The van der Waals surface area contributed by atoms with Crippen LogP contribution in [-0.2, 0) is 0 Å². The molecule has 61 heavy (non-hydrogen) atoms. The number of nitrogens with zero attached hydrogens (tertiary/aromatic N) is 4. The van der Waals surface area contributed by atoms with Gasteiger partial charge >= 0.3 is 0 Å². The Morgan fingerprint density at radius 1 is 0.344 bits per heavy atom. The van der Waals surface area contributed by atoms with Crippen molar-refractivity contribution in [1.82, 2.24) is 19.3 Å². The minimum absolute atomic E-state index is 0.695. The van der Waals surface area contributed by atoms with E-state index >= 15 is 0 Å². The second-order valence-electron chi connectivity index (χ2n) is 15.5. The van der Waals surface area contributed by atoms with E-state index in [-0.39, 0.29) is 0 Å². The zero-order valence-corrected chi connectivity index (χ0v) is 33.7. The second kappa shape index (κ2) is 15.3. The molecule has 2 aromatic heterocycles. The Balaban J connectivity index is 0.949. The van der Waals surface area contributed by atoms with Gasteiger partial charge in [-0.3, -0.25) is 0 Å². The van der Waals surface area contributed by atoms with E-state index in [4.69, 9.17) is 10.1 Å². The lowest BCUT2D eigenvalue weighted by Gasteiger charge is -2.16. The lowest BCUT2D eigenvalue weighted by Crippen LogP contribution is -1.99. The highest BCUT2D eigenvalue weighted by Gasteiger charge is 2.18. The van der Waals surface area contributed by atoms with Crippen molar-refractivity contribution in [3.63, 3.8) is 0 Å². The molecule has 0 unspecified atom stereocenters. The molecule has 11 aromatic rings. The standard InChI is InChI=1S/C57H40N4/c1-39-25-35-54-52(37-39)53-38-45(40-15-5-2-6-16-40)30-36-55(53)60(54)46-31-26-41(27-32-46)48-21-11-13-23-50(48)51-24-14-12-22-49(51)42-28-33-47(34-29-42)61-57(44-19-9-4-10-20-44)58-56(59-61)43-17-7-3-8-18-43/h2-38H,1H3. The minimum atomic E-state index is 0.695. The fourth-order valence-corrected chi connectivity index (χ4v) is 8.71. The Kier molecular flexibility index (Phi) is 9.02. The molecule has 0 atom stereocenters. The Labute approximate surface area is 355 Å². The summed E-state index contributed by atoms with van der Waals surface area (Å²) in [4.78, 5) is 5.01. The molecule has 0 spiro atoms. The molecule has 0 aliphatic rings. The molecule has 0 bridgehead atoms. The molecule has 0 aliphatic heterocycles. The number of fused-ring (bicyclic) bond motifs is 3. The Hall–Kier alpha value is -8.08. The summed E-state index contributed by atoms with van der Waals surface area (Å²) < 4.78 is 4.35. The lowest BCUT2D eigenvalue weighted by molar-refractivity contribution is 0.891. The zero-order chi connectivity index (χ0) is 40.7. The number of aromatic nitrogens is 4. The summed E-state index contributed by atoms with van der Waals surface area (Å²) in [5.41, 5.74) is 17.2. The van der Waals surface area contributed by atoms with Gasteiger partial charge in [0.25, 0.3) is 0 Å². The molecular formula is C57H40N4. The predicted octanol–water partition coefficient (Wildman–Crippen LogP) is 14.7. The largest absolute Gasteiger partial charge is 0.309 e. The molecule has 0 N–H and O–H groups in total. The van der Waals surface area contributed by atoms with E-state index in [0.717, 1.165) is 33.9 Å². The first-order chi connectivity index (χ1) is 30.2.